The highest BCUT2D eigenvalue weighted by Crippen LogP contribution is 2.32. The van der Waals surface area contributed by atoms with Crippen LogP contribution in [0.2, 0.25) is 0 Å². The second-order valence-electron chi connectivity index (χ2n) is 6.43. The van der Waals surface area contributed by atoms with Crippen LogP contribution in [0.3, 0.4) is 0 Å². The predicted molar refractivity (Wildman–Crippen MR) is 101 cm³/mol. The first-order valence-corrected chi connectivity index (χ1v) is 8.30. The molecule has 0 heterocycles. The minimum atomic E-state index is -1.12. The number of ether oxygens (including phenoxy) is 1. The van der Waals surface area contributed by atoms with Gasteiger partial charge in [-0.05, 0) is 44.2 Å². The van der Waals surface area contributed by atoms with Crippen molar-refractivity contribution in [1.29, 1.82) is 0 Å². The number of carbonyl (C=O) groups is 3. The molecule has 0 aliphatic heterocycles. The van der Waals surface area contributed by atoms with Crippen molar-refractivity contribution < 1.29 is 24.2 Å². The number of carboxylic acid groups (broad SMARTS) is 1. The van der Waals surface area contributed by atoms with Gasteiger partial charge >= 0.3 is 5.97 Å². The fourth-order valence-corrected chi connectivity index (χ4v) is 2.53. The zero-order valence-corrected chi connectivity index (χ0v) is 15.4. The second kappa shape index (κ2) is 8.35. The highest BCUT2D eigenvalue weighted by Gasteiger charge is 2.32. The lowest BCUT2D eigenvalue weighted by Gasteiger charge is -2.26. The molecule has 2 aromatic rings. The summed E-state index contributed by atoms with van der Waals surface area (Å²) in [6.45, 7) is 3.15. The van der Waals surface area contributed by atoms with Gasteiger partial charge in [0.15, 0.2) is 0 Å². The van der Waals surface area contributed by atoms with Crippen molar-refractivity contribution in [1.82, 2.24) is 5.32 Å². The van der Waals surface area contributed by atoms with Gasteiger partial charge in [0.2, 0.25) is 5.91 Å². The van der Waals surface area contributed by atoms with Crippen molar-refractivity contribution in [2.75, 3.05) is 19.0 Å². The van der Waals surface area contributed by atoms with E-state index in [1.807, 2.05) is 18.2 Å². The van der Waals surface area contributed by atoms with Gasteiger partial charge in [0.05, 0.1) is 12.5 Å². The third-order valence-electron chi connectivity index (χ3n) is 4.15. The van der Waals surface area contributed by atoms with E-state index >= 15 is 0 Å². The van der Waals surface area contributed by atoms with Crippen LogP contribution >= 0.6 is 0 Å². The summed E-state index contributed by atoms with van der Waals surface area (Å²) in [6.07, 6.45) is 0. The minimum Gasteiger partial charge on any atom is -0.496 e. The number of amides is 2. The Hall–Kier alpha value is -3.35. The molecule has 0 fully saturated rings. The van der Waals surface area contributed by atoms with E-state index in [1.54, 1.807) is 39.2 Å². The zero-order chi connectivity index (χ0) is 20.0. The average molecular weight is 370 g/mol. The lowest BCUT2D eigenvalue weighted by Crippen LogP contribution is -2.35. The van der Waals surface area contributed by atoms with Crippen LogP contribution in [0.25, 0.3) is 0 Å². The van der Waals surface area contributed by atoms with Crippen LogP contribution in [0.15, 0.2) is 48.5 Å². The van der Waals surface area contributed by atoms with Gasteiger partial charge in [-0.3, -0.25) is 14.4 Å². The molecule has 27 heavy (non-hydrogen) atoms. The molecule has 0 atom stereocenters. The van der Waals surface area contributed by atoms with Crippen LogP contribution in [-0.2, 0) is 15.0 Å². The molecule has 0 saturated carbocycles. The normalized spacial score (nSPS) is 10.8. The summed E-state index contributed by atoms with van der Waals surface area (Å²) in [6, 6.07) is 13.5. The van der Waals surface area contributed by atoms with E-state index in [0.717, 1.165) is 5.56 Å². The molecule has 0 aliphatic carbocycles. The summed E-state index contributed by atoms with van der Waals surface area (Å²) >= 11 is 0. The number of methoxy groups -OCH3 is 1. The van der Waals surface area contributed by atoms with Crippen LogP contribution in [0, 0.1) is 0 Å². The summed E-state index contributed by atoms with van der Waals surface area (Å²) in [5.74, 6) is -1.21. The molecule has 142 valence electrons. The Morgan fingerprint density at radius 2 is 1.67 bits per heavy atom. The van der Waals surface area contributed by atoms with Crippen LogP contribution in [0.5, 0.6) is 5.75 Å². The van der Waals surface area contributed by atoms with Gasteiger partial charge in [0.25, 0.3) is 5.91 Å². The number of nitrogens with one attached hydrogen (secondary N) is 2. The van der Waals surface area contributed by atoms with Gasteiger partial charge in [-0.15, -0.1) is 0 Å². The number of hydrogen-bond donors (Lipinski definition) is 3. The van der Waals surface area contributed by atoms with E-state index in [4.69, 9.17) is 9.84 Å². The van der Waals surface area contributed by atoms with E-state index < -0.39 is 23.8 Å². The van der Waals surface area contributed by atoms with Crippen molar-refractivity contribution in [3.63, 3.8) is 0 Å². The van der Waals surface area contributed by atoms with Crippen LogP contribution in [0.1, 0.15) is 29.8 Å². The molecule has 0 aliphatic rings. The molecule has 0 saturated heterocycles. The topological polar surface area (TPSA) is 105 Å². The Bertz CT molecular complexity index is 844. The van der Waals surface area contributed by atoms with E-state index in [2.05, 4.69) is 10.6 Å². The van der Waals surface area contributed by atoms with Crippen LogP contribution < -0.4 is 15.4 Å². The van der Waals surface area contributed by atoms with Gasteiger partial charge in [0, 0.05) is 16.8 Å². The van der Waals surface area contributed by atoms with E-state index in [1.165, 1.54) is 12.1 Å². The first-order chi connectivity index (χ1) is 12.8. The molecule has 7 heteroatoms. The van der Waals surface area contributed by atoms with Crippen molar-refractivity contribution in [3.05, 3.63) is 59.7 Å². The Morgan fingerprint density at radius 1 is 1.04 bits per heavy atom. The fraction of sp³-hybridized carbons (Fsp3) is 0.250. The number of para-hydroxylation sites is 1. The average Bonchev–Trinajstić information content (AvgIpc) is 2.66. The van der Waals surface area contributed by atoms with Crippen molar-refractivity contribution >= 4 is 23.5 Å². The number of carbonyl (C=O) groups excluding carboxylic acids is 2. The SMILES string of the molecule is COc1ccccc1C(C)(C)C(=O)Nc1ccc(C(=O)NCC(=O)O)cc1. The maximum absolute atomic E-state index is 12.8. The number of rotatable bonds is 7. The maximum Gasteiger partial charge on any atom is 0.322 e. The minimum absolute atomic E-state index is 0.227. The van der Waals surface area contributed by atoms with Gasteiger partial charge < -0.3 is 20.5 Å². The number of hydrogen-bond acceptors (Lipinski definition) is 4. The van der Waals surface area contributed by atoms with E-state index in [9.17, 15) is 14.4 Å². The third kappa shape index (κ3) is 4.84. The van der Waals surface area contributed by atoms with E-state index in [0.29, 0.717) is 17.0 Å². The smallest absolute Gasteiger partial charge is 0.322 e. The van der Waals surface area contributed by atoms with Crippen molar-refractivity contribution in [2.45, 2.75) is 19.3 Å². The molecule has 0 radical (unpaired) electrons. The Kier molecular flexibility index (Phi) is 6.18. The van der Waals surface area contributed by atoms with Gasteiger partial charge in [-0.2, -0.15) is 0 Å². The van der Waals surface area contributed by atoms with Gasteiger partial charge in [-0.1, -0.05) is 18.2 Å². The van der Waals surface area contributed by atoms with Crippen molar-refractivity contribution in [3.8, 4) is 5.75 Å². The molecular formula is C20H22N2O5. The summed E-state index contributed by atoms with van der Waals surface area (Å²) in [5.41, 5.74) is 0.745. The quantitative estimate of drug-likeness (QED) is 0.694. The molecule has 7 nitrogen and oxygen atoms in total. The highest BCUT2D eigenvalue weighted by molar-refractivity contribution is 6.00. The Morgan fingerprint density at radius 3 is 2.26 bits per heavy atom. The number of benzene rings is 2. The molecule has 0 aromatic heterocycles. The summed E-state index contributed by atoms with van der Waals surface area (Å²) in [7, 11) is 1.56. The summed E-state index contributed by atoms with van der Waals surface area (Å²) < 4.78 is 5.35. The molecule has 0 bridgehead atoms. The Balaban J connectivity index is 2.11. The number of anilines is 1. The fourth-order valence-electron chi connectivity index (χ4n) is 2.53. The van der Waals surface area contributed by atoms with Crippen LogP contribution in [0.4, 0.5) is 5.69 Å². The standard InChI is InChI=1S/C20H22N2O5/c1-20(2,15-6-4-5-7-16(15)27-3)19(26)22-14-10-8-13(9-11-14)18(25)21-12-17(23)24/h4-11H,12H2,1-3H3,(H,21,25)(H,22,26)(H,23,24). The molecule has 0 unspecified atom stereocenters. The monoisotopic (exact) mass is 370 g/mol. The second-order valence-corrected chi connectivity index (χ2v) is 6.43. The summed E-state index contributed by atoms with van der Waals surface area (Å²) in [5, 5.41) is 13.7. The molecule has 2 aromatic carbocycles. The third-order valence-corrected chi connectivity index (χ3v) is 4.15. The summed E-state index contributed by atoms with van der Waals surface area (Å²) in [4.78, 5) is 35.1. The van der Waals surface area contributed by atoms with E-state index in [-0.39, 0.29) is 5.91 Å². The lowest BCUT2D eigenvalue weighted by molar-refractivity contribution is -0.135. The number of aliphatic carboxylic acids is 1. The molecular weight excluding hydrogens is 348 g/mol. The maximum atomic E-state index is 12.8. The van der Waals surface area contributed by atoms with Gasteiger partial charge in [0.1, 0.15) is 12.3 Å². The number of carboxylic acids is 1. The zero-order valence-electron chi connectivity index (χ0n) is 15.4. The molecule has 2 rings (SSSR count). The van der Waals surface area contributed by atoms with Gasteiger partial charge in [-0.25, -0.2) is 0 Å². The highest BCUT2D eigenvalue weighted by atomic mass is 16.5. The first kappa shape index (κ1) is 20.0. The van der Waals surface area contributed by atoms with Crippen molar-refractivity contribution in [2.24, 2.45) is 0 Å². The molecule has 3 N–H and O–H groups in total. The lowest BCUT2D eigenvalue weighted by atomic mass is 9.83. The predicted octanol–water partition coefficient (Wildman–Crippen LogP) is 2.43. The first-order valence-electron chi connectivity index (χ1n) is 8.30. The van der Waals surface area contributed by atoms with Crippen LogP contribution in [-0.4, -0.2) is 36.5 Å². The largest absolute Gasteiger partial charge is 0.496 e. The molecule has 2 amide bonds. The molecule has 0 spiro atoms. The Labute approximate surface area is 157 Å².